The molecule has 1 aliphatic rings. The molecule has 3 rings (SSSR count). The number of nitrogens with one attached hydrogen (secondary N) is 2. The van der Waals surface area contributed by atoms with E-state index in [1.807, 2.05) is 0 Å². The number of nitrogens with zero attached hydrogens (tertiary/aromatic N) is 2. The predicted molar refractivity (Wildman–Crippen MR) is 72.3 cm³/mol. The van der Waals surface area contributed by atoms with Crippen LogP contribution in [0.25, 0.3) is 0 Å². The molecule has 0 saturated carbocycles. The molecule has 0 saturated heterocycles. The minimum Gasteiger partial charge on any atom is -0.486 e. The third-order valence-electron chi connectivity index (χ3n) is 2.77. The van der Waals surface area contributed by atoms with Crippen molar-refractivity contribution >= 4 is 17.5 Å². The van der Waals surface area contributed by atoms with Gasteiger partial charge in [0.2, 0.25) is 5.95 Å². The number of halogens is 1. The lowest BCUT2D eigenvalue weighted by Crippen LogP contribution is -2.15. The molecule has 2 aromatic rings. The maximum atomic E-state index is 13.7. The molecule has 0 aliphatic carbocycles. The average molecular weight is 276 g/mol. The fraction of sp³-hybridized carbons (Fsp3) is 0.231. The molecular formula is C13H13FN4O2. The molecular weight excluding hydrogens is 263 g/mol. The van der Waals surface area contributed by atoms with Gasteiger partial charge in [-0.05, 0) is 12.1 Å². The van der Waals surface area contributed by atoms with Crippen molar-refractivity contribution in [3.05, 3.63) is 30.2 Å². The fourth-order valence-corrected chi connectivity index (χ4v) is 1.83. The minimum atomic E-state index is -0.529. The van der Waals surface area contributed by atoms with Crippen molar-refractivity contribution in [1.29, 1.82) is 0 Å². The Bertz CT molecular complexity index is 636. The summed E-state index contributed by atoms with van der Waals surface area (Å²) in [4.78, 5) is 7.81. The molecule has 1 aromatic heterocycles. The average Bonchev–Trinajstić information content (AvgIpc) is 2.49. The monoisotopic (exact) mass is 276 g/mol. The molecule has 0 unspecified atom stereocenters. The van der Waals surface area contributed by atoms with Crippen LogP contribution in [0, 0.1) is 5.82 Å². The SMILES string of the molecule is CNc1ncc(F)c(Nc2ccc3c(c2)OCCO3)n1. The highest BCUT2D eigenvalue weighted by atomic mass is 19.1. The highest BCUT2D eigenvalue weighted by Crippen LogP contribution is 2.33. The van der Waals surface area contributed by atoms with Gasteiger partial charge in [0, 0.05) is 18.8 Å². The van der Waals surface area contributed by atoms with Crippen LogP contribution in [0.2, 0.25) is 0 Å². The molecule has 7 heteroatoms. The smallest absolute Gasteiger partial charge is 0.224 e. The molecule has 2 heterocycles. The largest absolute Gasteiger partial charge is 0.486 e. The first-order valence-electron chi connectivity index (χ1n) is 6.13. The van der Waals surface area contributed by atoms with E-state index in [0.29, 0.717) is 36.3 Å². The second-order valence-corrected chi connectivity index (χ2v) is 4.12. The van der Waals surface area contributed by atoms with E-state index in [1.165, 1.54) is 0 Å². The molecule has 104 valence electrons. The lowest BCUT2D eigenvalue weighted by atomic mass is 10.2. The lowest BCUT2D eigenvalue weighted by Gasteiger charge is -2.19. The topological polar surface area (TPSA) is 68.3 Å². The molecule has 0 atom stereocenters. The quantitative estimate of drug-likeness (QED) is 0.895. The van der Waals surface area contributed by atoms with Crippen LogP contribution in [-0.4, -0.2) is 30.2 Å². The molecule has 1 aromatic carbocycles. The summed E-state index contributed by atoms with van der Waals surface area (Å²) in [5.74, 6) is 1.22. The third-order valence-corrected chi connectivity index (χ3v) is 2.77. The zero-order valence-electron chi connectivity index (χ0n) is 10.8. The van der Waals surface area contributed by atoms with Crippen LogP contribution >= 0.6 is 0 Å². The zero-order valence-corrected chi connectivity index (χ0v) is 10.8. The van der Waals surface area contributed by atoms with Crippen molar-refractivity contribution in [1.82, 2.24) is 9.97 Å². The standard InChI is InChI=1S/C13H13FN4O2/c1-15-13-16-7-9(14)12(18-13)17-8-2-3-10-11(6-8)20-5-4-19-10/h2-3,6-7H,4-5H2,1H3,(H2,15,16,17,18). The number of rotatable bonds is 3. The van der Waals surface area contributed by atoms with Crippen molar-refractivity contribution in [2.24, 2.45) is 0 Å². The number of fused-ring (bicyclic) bond motifs is 1. The van der Waals surface area contributed by atoms with Crippen molar-refractivity contribution < 1.29 is 13.9 Å². The van der Waals surface area contributed by atoms with Gasteiger partial charge in [0.05, 0.1) is 6.20 Å². The number of hydrogen-bond acceptors (Lipinski definition) is 6. The summed E-state index contributed by atoms with van der Waals surface area (Å²) in [6.45, 7) is 1.04. The van der Waals surface area contributed by atoms with Crippen LogP contribution in [-0.2, 0) is 0 Å². The second kappa shape index (κ2) is 5.20. The molecule has 0 fully saturated rings. The fourth-order valence-electron chi connectivity index (χ4n) is 1.83. The van der Waals surface area contributed by atoms with E-state index >= 15 is 0 Å². The van der Waals surface area contributed by atoms with Gasteiger partial charge < -0.3 is 20.1 Å². The van der Waals surface area contributed by atoms with Crippen molar-refractivity contribution in [2.75, 3.05) is 30.9 Å². The van der Waals surface area contributed by atoms with Gasteiger partial charge in [-0.15, -0.1) is 0 Å². The predicted octanol–water partition coefficient (Wildman–Crippen LogP) is 2.17. The minimum absolute atomic E-state index is 0.0982. The summed E-state index contributed by atoms with van der Waals surface area (Å²) in [5.41, 5.74) is 0.661. The van der Waals surface area contributed by atoms with Crippen LogP contribution < -0.4 is 20.1 Å². The van der Waals surface area contributed by atoms with E-state index in [0.717, 1.165) is 6.20 Å². The van der Waals surface area contributed by atoms with Crippen LogP contribution in [0.5, 0.6) is 11.5 Å². The Hall–Kier alpha value is -2.57. The van der Waals surface area contributed by atoms with E-state index < -0.39 is 5.82 Å². The van der Waals surface area contributed by atoms with Gasteiger partial charge in [-0.1, -0.05) is 0 Å². The van der Waals surface area contributed by atoms with Crippen molar-refractivity contribution in [3.63, 3.8) is 0 Å². The molecule has 0 amide bonds. The maximum absolute atomic E-state index is 13.7. The molecule has 6 nitrogen and oxygen atoms in total. The van der Waals surface area contributed by atoms with Gasteiger partial charge in [0.25, 0.3) is 0 Å². The number of anilines is 3. The maximum Gasteiger partial charge on any atom is 0.224 e. The van der Waals surface area contributed by atoms with Crippen LogP contribution in [0.15, 0.2) is 24.4 Å². The first kappa shape index (κ1) is 12.5. The Morgan fingerprint density at radius 2 is 2.00 bits per heavy atom. The van der Waals surface area contributed by atoms with E-state index in [2.05, 4.69) is 20.6 Å². The van der Waals surface area contributed by atoms with Crippen LogP contribution in [0.3, 0.4) is 0 Å². The summed E-state index contributed by atoms with van der Waals surface area (Å²) >= 11 is 0. The second-order valence-electron chi connectivity index (χ2n) is 4.12. The molecule has 2 N–H and O–H groups in total. The van der Waals surface area contributed by atoms with E-state index in [1.54, 1.807) is 25.2 Å². The van der Waals surface area contributed by atoms with Gasteiger partial charge in [0.15, 0.2) is 23.1 Å². The van der Waals surface area contributed by atoms with Crippen LogP contribution in [0.1, 0.15) is 0 Å². The normalized spacial score (nSPS) is 12.9. The summed E-state index contributed by atoms with van der Waals surface area (Å²) in [6, 6.07) is 5.29. The van der Waals surface area contributed by atoms with Gasteiger partial charge >= 0.3 is 0 Å². The van der Waals surface area contributed by atoms with Crippen molar-refractivity contribution in [3.8, 4) is 11.5 Å². The molecule has 0 radical (unpaired) electrons. The summed E-state index contributed by atoms with van der Waals surface area (Å²) in [5, 5.41) is 5.65. The lowest BCUT2D eigenvalue weighted by molar-refractivity contribution is 0.171. The Labute approximate surface area is 115 Å². The molecule has 0 bridgehead atoms. The number of hydrogen-bond donors (Lipinski definition) is 2. The summed E-state index contributed by atoms with van der Waals surface area (Å²) in [7, 11) is 1.67. The van der Waals surface area contributed by atoms with Crippen molar-refractivity contribution in [2.45, 2.75) is 0 Å². The van der Waals surface area contributed by atoms with Crippen LogP contribution in [0.4, 0.5) is 21.8 Å². The Morgan fingerprint density at radius 1 is 1.20 bits per heavy atom. The van der Waals surface area contributed by atoms with Gasteiger partial charge in [-0.2, -0.15) is 4.98 Å². The number of ether oxygens (including phenoxy) is 2. The Morgan fingerprint density at radius 3 is 2.80 bits per heavy atom. The number of benzene rings is 1. The summed E-state index contributed by atoms with van der Waals surface area (Å²) < 4.78 is 24.6. The number of aromatic nitrogens is 2. The first-order chi connectivity index (χ1) is 9.76. The third kappa shape index (κ3) is 2.42. The Balaban J connectivity index is 1.87. The van der Waals surface area contributed by atoms with E-state index in [9.17, 15) is 4.39 Å². The van der Waals surface area contributed by atoms with E-state index in [4.69, 9.17) is 9.47 Å². The highest BCUT2D eigenvalue weighted by molar-refractivity contribution is 5.62. The van der Waals surface area contributed by atoms with Gasteiger partial charge in [-0.3, -0.25) is 0 Å². The molecule has 0 spiro atoms. The van der Waals surface area contributed by atoms with Gasteiger partial charge in [0.1, 0.15) is 13.2 Å². The van der Waals surface area contributed by atoms with Gasteiger partial charge in [-0.25, -0.2) is 9.37 Å². The molecule has 1 aliphatic heterocycles. The summed E-state index contributed by atoms with van der Waals surface area (Å²) in [6.07, 6.45) is 1.11. The zero-order chi connectivity index (χ0) is 13.9. The first-order valence-corrected chi connectivity index (χ1v) is 6.13. The van der Waals surface area contributed by atoms with E-state index in [-0.39, 0.29) is 5.82 Å². The Kier molecular flexibility index (Phi) is 3.24. The highest BCUT2D eigenvalue weighted by Gasteiger charge is 2.13. The molecule has 20 heavy (non-hydrogen) atoms.